The molecule has 4 nitrogen and oxygen atoms in total. The van der Waals surface area contributed by atoms with Gasteiger partial charge in [-0.25, -0.2) is 0 Å². The molecule has 0 aliphatic carbocycles. The van der Waals surface area contributed by atoms with E-state index in [1.54, 1.807) is 0 Å². The number of benzene rings is 3. The van der Waals surface area contributed by atoms with E-state index in [9.17, 15) is 4.79 Å². The van der Waals surface area contributed by atoms with Gasteiger partial charge in [0.05, 0.1) is 0 Å². The van der Waals surface area contributed by atoms with E-state index in [-0.39, 0.29) is 5.91 Å². The number of nitrogens with zero attached hydrogens (tertiary/aromatic N) is 1. The third-order valence-electron chi connectivity index (χ3n) is 4.93. The van der Waals surface area contributed by atoms with Gasteiger partial charge in [-0.15, -0.1) is 0 Å². The topological polar surface area (TPSA) is 41.6 Å². The largest absolute Gasteiger partial charge is 0.492 e. The lowest BCUT2D eigenvalue weighted by Crippen LogP contribution is -2.25. The van der Waals surface area contributed by atoms with E-state index >= 15 is 0 Å². The average Bonchev–Trinajstić information content (AvgIpc) is 2.94. The van der Waals surface area contributed by atoms with E-state index in [0.29, 0.717) is 18.7 Å². The number of carbonyl (C=O) groups excluding carboxylic acids is 1. The normalized spacial score (nSPS) is 13.9. The van der Waals surface area contributed by atoms with E-state index in [4.69, 9.17) is 4.74 Å². The molecule has 3 aromatic rings. The number of carbonyl (C=O) groups is 1. The van der Waals surface area contributed by atoms with Gasteiger partial charge in [0.2, 0.25) is 0 Å². The van der Waals surface area contributed by atoms with Crippen molar-refractivity contribution < 1.29 is 9.53 Å². The van der Waals surface area contributed by atoms with Crippen LogP contribution in [0.15, 0.2) is 78.9 Å². The highest BCUT2D eigenvalue weighted by Gasteiger charge is 2.17. The maximum atomic E-state index is 12.6. The first kappa shape index (κ1) is 18.3. The van der Waals surface area contributed by atoms with Crippen molar-refractivity contribution in [1.82, 2.24) is 10.2 Å². The monoisotopic (exact) mass is 372 g/mol. The summed E-state index contributed by atoms with van der Waals surface area (Å²) in [6.07, 6.45) is 0. The highest BCUT2D eigenvalue weighted by Crippen LogP contribution is 2.25. The maximum Gasteiger partial charge on any atom is 0.251 e. The fourth-order valence-electron chi connectivity index (χ4n) is 3.45. The average molecular weight is 372 g/mol. The Labute approximate surface area is 165 Å². The molecular formula is C24H24N2O2. The summed E-state index contributed by atoms with van der Waals surface area (Å²) in [4.78, 5) is 15.0. The van der Waals surface area contributed by atoms with E-state index in [1.807, 2.05) is 54.6 Å². The van der Waals surface area contributed by atoms with E-state index in [0.717, 1.165) is 36.5 Å². The minimum Gasteiger partial charge on any atom is -0.492 e. The molecule has 1 heterocycles. The summed E-state index contributed by atoms with van der Waals surface area (Å²) in [5.41, 5.74) is 4.09. The molecule has 1 N–H and O–H groups in total. The second-order valence-corrected chi connectivity index (χ2v) is 7.04. The Balaban J connectivity index is 1.45. The van der Waals surface area contributed by atoms with Gasteiger partial charge in [-0.1, -0.05) is 60.7 Å². The smallest absolute Gasteiger partial charge is 0.251 e. The molecule has 0 saturated heterocycles. The van der Waals surface area contributed by atoms with Gasteiger partial charge in [-0.3, -0.25) is 9.69 Å². The maximum absolute atomic E-state index is 12.6. The number of hydrogen-bond acceptors (Lipinski definition) is 3. The van der Waals surface area contributed by atoms with Crippen LogP contribution in [0.1, 0.15) is 27.0 Å². The zero-order chi connectivity index (χ0) is 19.2. The van der Waals surface area contributed by atoms with Crippen molar-refractivity contribution >= 4 is 5.91 Å². The third-order valence-corrected chi connectivity index (χ3v) is 4.93. The lowest BCUT2D eigenvalue weighted by Gasteiger charge is -2.19. The lowest BCUT2D eigenvalue weighted by molar-refractivity contribution is 0.0950. The van der Waals surface area contributed by atoms with Crippen LogP contribution in [0.25, 0.3) is 0 Å². The Hall–Kier alpha value is -3.11. The van der Waals surface area contributed by atoms with Crippen LogP contribution in [-0.4, -0.2) is 24.0 Å². The summed E-state index contributed by atoms with van der Waals surface area (Å²) in [5, 5.41) is 3.00. The quantitative estimate of drug-likeness (QED) is 0.736. The first-order valence-electron chi connectivity index (χ1n) is 9.62. The number of amides is 1. The Morgan fingerprint density at radius 2 is 1.64 bits per heavy atom. The molecule has 0 aromatic heterocycles. The van der Waals surface area contributed by atoms with Gasteiger partial charge in [0, 0.05) is 37.3 Å². The molecule has 1 aliphatic rings. The molecule has 4 heteroatoms. The van der Waals surface area contributed by atoms with Crippen molar-refractivity contribution in [1.29, 1.82) is 0 Å². The molecule has 0 atom stereocenters. The summed E-state index contributed by atoms with van der Waals surface area (Å²) in [7, 11) is 0. The minimum absolute atomic E-state index is 0.0643. The standard InChI is InChI=1S/C24H24N2O2/c27-24(25-16-19-7-3-1-4-8-19)21-11-12-23-22(15-21)18-26(13-14-28-23)17-20-9-5-2-6-10-20/h1-12,15H,13-14,16-18H2,(H,25,27). The van der Waals surface area contributed by atoms with Crippen molar-refractivity contribution in [2.45, 2.75) is 19.6 Å². The van der Waals surface area contributed by atoms with Crippen LogP contribution < -0.4 is 10.1 Å². The first-order chi connectivity index (χ1) is 13.8. The SMILES string of the molecule is O=C(NCc1ccccc1)c1ccc2c(c1)CN(Cc1ccccc1)CCO2. The van der Waals surface area contributed by atoms with Gasteiger partial charge in [-0.05, 0) is 29.3 Å². The fraction of sp³-hybridized carbons (Fsp3) is 0.208. The zero-order valence-electron chi connectivity index (χ0n) is 15.8. The molecule has 1 aliphatic heterocycles. The highest BCUT2D eigenvalue weighted by molar-refractivity contribution is 5.94. The Bertz CT molecular complexity index is 926. The van der Waals surface area contributed by atoms with Crippen molar-refractivity contribution in [2.24, 2.45) is 0 Å². The van der Waals surface area contributed by atoms with Crippen molar-refractivity contribution in [3.8, 4) is 5.75 Å². The van der Waals surface area contributed by atoms with Gasteiger partial charge < -0.3 is 10.1 Å². The molecule has 0 fully saturated rings. The number of nitrogens with one attached hydrogen (secondary N) is 1. The molecule has 0 unspecified atom stereocenters. The molecule has 28 heavy (non-hydrogen) atoms. The summed E-state index contributed by atoms with van der Waals surface area (Å²) >= 11 is 0. The van der Waals surface area contributed by atoms with Gasteiger partial charge in [0.25, 0.3) is 5.91 Å². The van der Waals surface area contributed by atoms with E-state index < -0.39 is 0 Å². The predicted octanol–water partition coefficient (Wildman–Crippen LogP) is 4.01. The minimum atomic E-state index is -0.0643. The Morgan fingerprint density at radius 1 is 0.929 bits per heavy atom. The molecule has 0 bridgehead atoms. The molecule has 142 valence electrons. The number of hydrogen-bond donors (Lipinski definition) is 1. The van der Waals surface area contributed by atoms with E-state index in [1.165, 1.54) is 5.56 Å². The molecule has 3 aromatic carbocycles. The van der Waals surface area contributed by atoms with Crippen LogP contribution in [0.5, 0.6) is 5.75 Å². The summed E-state index contributed by atoms with van der Waals surface area (Å²) in [6.45, 7) is 3.67. The molecule has 1 amide bonds. The molecule has 4 rings (SSSR count). The van der Waals surface area contributed by atoms with E-state index in [2.05, 4.69) is 34.5 Å². The van der Waals surface area contributed by atoms with Crippen LogP contribution in [0.3, 0.4) is 0 Å². The lowest BCUT2D eigenvalue weighted by atomic mass is 10.1. The first-order valence-corrected chi connectivity index (χ1v) is 9.62. The molecule has 0 radical (unpaired) electrons. The van der Waals surface area contributed by atoms with Crippen LogP contribution in [-0.2, 0) is 19.6 Å². The van der Waals surface area contributed by atoms with Gasteiger partial charge >= 0.3 is 0 Å². The number of ether oxygens (including phenoxy) is 1. The van der Waals surface area contributed by atoms with Crippen molar-refractivity contribution in [2.75, 3.05) is 13.2 Å². The van der Waals surface area contributed by atoms with Crippen LogP contribution in [0.4, 0.5) is 0 Å². The summed E-state index contributed by atoms with van der Waals surface area (Å²) < 4.78 is 5.91. The highest BCUT2D eigenvalue weighted by atomic mass is 16.5. The van der Waals surface area contributed by atoms with Crippen LogP contribution >= 0.6 is 0 Å². The molecule has 0 spiro atoms. The zero-order valence-corrected chi connectivity index (χ0v) is 15.8. The summed E-state index contributed by atoms with van der Waals surface area (Å²) in [5.74, 6) is 0.806. The van der Waals surface area contributed by atoms with Gasteiger partial charge in [-0.2, -0.15) is 0 Å². The Kier molecular flexibility index (Phi) is 5.69. The molecule has 0 saturated carbocycles. The second-order valence-electron chi connectivity index (χ2n) is 7.04. The number of fused-ring (bicyclic) bond motifs is 1. The van der Waals surface area contributed by atoms with Crippen LogP contribution in [0.2, 0.25) is 0 Å². The van der Waals surface area contributed by atoms with Gasteiger partial charge in [0.1, 0.15) is 12.4 Å². The third kappa shape index (κ3) is 4.59. The molecular weight excluding hydrogens is 348 g/mol. The van der Waals surface area contributed by atoms with Crippen molar-refractivity contribution in [3.05, 3.63) is 101 Å². The summed E-state index contributed by atoms with van der Waals surface area (Å²) in [6, 6.07) is 26.1. The predicted molar refractivity (Wildman–Crippen MR) is 110 cm³/mol. The van der Waals surface area contributed by atoms with Crippen LogP contribution in [0, 0.1) is 0 Å². The van der Waals surface area contributed by atoms with Gasteiger partial charge in [0.15, 0.2) is 0 Å². The van der Waals surface area contributed by atoms with Crippen molar-refractivity contribution in [3.63, 3.8) is 0 Å². The number of rotatable bonds is 5. The fourth-order valence-corrected chi connectivity index (χ4v) is 3.45. The second kappa shape index (κ2) is 8.72. The Morgan fingerprint density at radius 3 is 2.39 bits per heavy atom.